The van der Waals surface area contributed by atoms with Crippen LogP contribution in [-0.4, -0.2) is 46.8 Å². The average molecular weight is 512 g/mol. The van der Waals surface area contributed by atoms with Gasteiger partial charge in [-0.25, -0.2) is 0 Å². The molecule has 0 heterocycles. The fraction of sp³-hybridized carbons (Fsp3) is 0.969. The first kappa shape index (κ1) is 35.4. The second kappa shape index (κ2) is 27.4. The summed E-state index contributed by atoms with van der Waals surface area (Å²) in [4.78, 5) is 14.6. The Bertz CT molecular complexity index is 457. The third-order valence-electron chi connectivity index (χ3n) is 7.68. The summed E-state index contributed by atoms with van der Waals surface area (Å²) in [5.41, 5.74) is 0. The van der Waals surface area contributed by atoms with Crippen molar-refractivity contribution in [2.45, 2.75) is 175 Å². The highest BCUT2D eigenvalue weighted by Crippen LogP contribution is 2.18. The molecule has 216 valence electrons. The number of aliphatic hydroxyl groups is 2. The van der Waals surface area contributed by atoms with E-state index in [-0.39, 0.29) is 19.1 Å². The molecule has 0 radical (unpaired) electrons. The molecule has 2 atom stereocenters. The molecule has 0 aromatic heterocycles. The van der Waals surface area contributed by atoms with Gasteiger partial charge in [-0.1, -0.05) is 149 Å². The Morgan fingerprint density at radius 2 is 1.06 bits per heavy atom. The summed E-state index contributed by atoms with van der Waals surface area (Å²) in [5.74, 6) is 0.720. The molecule has 36 heavy (non-hydrogen) atoms. The van der Waals surface area contributed by atoms with Gasteiger partial charge in [0.25, 0.3) is 0 Å². The Kier molecular flexibility index (Phi) is 27.0. The predicted molar refractivity (Wildman–Crippen MR) is 156 cm³/mol. The van der Waals surface area contributed by atoms with Crippen molar-refractivity contribution in [1.29, 1.82) is 0 Å². The smallest absolute Gasteiger partial charge is 0.222 e. The summed E-state index contributed by atoms with van der Waals surface area (Å²) in [6.45, 7) is 7.48. The van der Waals surface area contributed by atoms with Gasteiger partial charge < -0.3 is 15.1 Å². The maximum Gasteiger partial charge on any atom is 0.222 e. The molecule has 0 aliphatic heterocycles. The van der Waals surface area contributed by atoms with Crippen LogP contribution in [0.4, 0.5) is 0 Å². The molecule has 0 saturated heterocycles. The zero-order valence-corrected chi connectivity index (χ0v) is 24.8. The molecule has 2 unspecified atom stereocenters. The molecule has 0 fully saturated rings. The molecule has 0 aliphatic carbocycles. The largest absolute Gasteiger partial charge is 0.394 e. The molecule has 0 aliphatic rings. The van der Waals surface area contributed by atoms with E-state index < -0.39 is 6.10 Å². The lowest BCUT2D eigenvalue weighted by molar-refractivity contribution is -0.133. The number of hydrogen-bond acceptors (Lipinski definition) is 3. The number of carbonyl (C=O) groups excluding carboxylic acids is 1. The van der Waals surface area contributed by atoms with Gasteiger partial charge in [0.1, 0.15) is 0 Å². The molecule has 2 N–H and O–H groups in total. The number of nitrogens with zero attached hydrogens (tertiary/aromatic N) is 1. The monoisotopic (exact) mass is 511 g/mol. The van der Waals surface area contributed by atoms with Crippen LogP contribution in [0.1, 0.15) is 168 Å². The van der Waals surface area contributed by atoms with Crippen molar-refractivity contribution in [3.8, 4) is 0 Å². The number of aliphatic hydroxyl groups excluding tert-OH is 2. The second-order valence-electron chi connectivity index (χ2n) is 11.5. The van der Waals surface area contributed by atoms with E-state index in [1.807, 2.05) is 0 Å². The van der Waals surface area contributed by atoms with Crippen molar-refractivity contribution in [2.75, 3.05) is 19.7 Å². The van der Waals surface area contributed by atoms with Crippen molar-refractivity contribution < 1.29 is 15.0 Å². The first-order valence-electron chi connectivity index (χ1n) is 16.1. The van der Waals surface area contributed by atoms with E-state index in [1.165, 1.54) is 122 Å². The molecule has 1 amide bonds. The molecule has 0 bridgehead atoms. The summed E-state index contributed by atoms with van der Waals surface area (Å²) in [6, 6.07) is 0. The summed E-state index contributed by atoms with van der Waals surface area (Å²) in [6.07, 6.45) is 28.3. The van der Waals surface area contributed by atoms with Crippen LogP contribution in [0, 0.1) is 5.92 Å². The van der Waals surface area contributed by atoms with Gasteiger partial charge in [0.05, 0.1) is 12.7 Å². The molecule has 0 aromatic rings. The number of hydrogen-bond donors (Lipinski definition) is 2. The minimum atomic E-state index is -0.832. The van der Waals surface area contributed by atoms with E-state index in [0.29, 0.717) is 18.9 Å². The minimum absolute atomic E-state index is 0.145. The topological polar surface area (TPSA) is 60.8 Å². The van der Waals surface area contributed by atoms with Gasteiger partial charge in [-0.3, -0.25) is 4.79 Å². The van der Waals surface area contributed by atoms with Crippen LogP contribution in [0.25, 0.3) is 0 Å². The van der Waals surface area contributed by atoms with Crippen LogP contribution < -0.4 is 0 Å². The number of carbonyl (C=O) groups is 1. The molecule has 0 spiro atoms. The highest BCUT2D eigenvalue weighted by molar-refractivity contribution is 5.76. The van der Waals surface area contributed by atoms with Crippen LogP contribution in [0.3, 0.4) is 0 Å². The maximum absolute atomic E-state index is 12.8. The van der Waals surface area contributed by atoms with Gasteiger partial charge in [0.15, 0.2) is 0 Å². The van der Waals surface area contributed by atoms with Crippen LogP contribution in [0.2, 0.25) is 0 Å². The third-order valence-corrected chi connectivity index (χ3v) is 7.68. The second-order valence-corrected chi connectivity index (χ2v) is 11.5. The standard InChI is InChI=1S/C32H65NO3/c1-4-6-8-10-12-13-14-15-16-17-18-19-21-23-27-33(28-31(35)29-34)32(36)26-25-30(3)24-22-20-11-9-7-5-2/h30-31,34-35H,4-29H2,1-3H3. The number of rotatable bonds is 28. The summed E-state index contributed by atoms with van der Waals surface area (Å²) in [5, 5.41) is 19.2. The predicted octanol–water partition coefficient (Wildman–Crippen LogP) is 8.82. The molecule has 4 nitrogen and oxygen atoms in total. The van der Waals surface area contributed by atoms with Crippen LogP contribution in [0.15, 0.2) is 0 Å². The Morgan fingerprint density at radius 1 is 0.639 bits per heavy atom. The van der Waals surface area contributed by atoms with Gasteiger partial charge in [-0.2, -0.15) is 0 Å². The molecule has 0 saturated carbocycles. The first-order valence-corrected chi connectivity index (χ1v) is 16.1. The highest BCUT2D eigenvalue weighted by atomic mass is 16.3. The highest BCUT2D eigenvalue weighted by Gasteiger charge is 2.17. The van der Waals surface area contributed by atoms with Crippen LogP contribution in [0.5, 0.6) is 0 Å². The Labute approximate surface area is 226 Å². The molecule has 0 rings (SSSR count). The lowest BCUT2D eigenvalue weighted by Gasteiger charge is -2.25. The molecule has 0 aromatic carbocycles. The zero-order chi connectivity index (χ0) is 26.7. The van der Waals surface area contributed by atoms with E-state index in [2.05, 4.69) is 20.8 Å². The van der Waals surface area contributed by atoms with E-state index in [0.717, 1.165) is 19.3 Å². The molecular formula is C32H65NO3. The number of unbranched alkanes of at least 4 members (excludes halogenated alkanes) is 18. The minimum Gasteiger partial charge on any atom is -0.394 e. The fourth-order valence-electron chi connectivity index (χ4n) is 5.07. The van der Waals surface area contributed by atoms with Crippen molar-refractivity contribution in [2.24, 2.45) is 5.92 Å². The van der Waals surface area contributed by atoms with Crippen molar-refractivity contribution in [1.82, 2.24) is 4.90 Å². The fourth-order valence-corrected chi connectivity index (χ4v) is 5.07. The van der Waals surface area contributed by atoms with Gasteiger partial charge >= 0.3 is 0 Å². The lowest BCUT2D eigenvalue weighted by atomic mass is 9.97. The van der Waals surface area contributed by atoms with Crippen LogP contribution >= 0.6 is 0 Å². The quantitative estimate of drug-likeness (QED) is 0.103. The Hall–Kier alpha value is -0.610. The normalized spacial score (nSPS) is 13.1. The maximum atomic E-state index is 12.8. The average Bonchev–Trinajstić information content (AvgIpc) is 2.88. The van der Waals surface area contributed by atoms with Crippen LogP contribution in [-0.2, 0) is 4.79 Å². The van der Waals surface area contributed by atoms with Crippen molar-refractivity contribution in [3.05, 3.63) is 0 Å². The third kappa shape index (κ3) is 23.8. The zero-order valence-electron chi connectivity index (χ0n) is 24.8. The van der Waals surface area contributed by atoms with E-state index >= 15 is 0 Å². The van der Waals surface area contributed by atoms with E-state index in [1.54, 1.807) is 4.90 Å². The number of amides is 1. The first-order chi connectivity index (χ1) is 17.5. The van der Waals surface area contributed by atoms with E-state index in [4.69, 9.17) is 0 Å². The van der Waals surface area contributed by atoms with Crippen molar-refractivity contribution in [3.63, 3.8) is 0 Å². The summed E-state index contributed by atoms with van der Waals surface area (Å²) in [7, 11) is 0. The summed E-state index contributed by atoms with van der Waals surface area (Å²) < 4.78 is 0. The van der Waals surface area contributed by atoms with Gasteiger partial charge in [-0.05, 0) is 18.8 Å². The molecule has 4 heteroatoms. The van der Waals surface area contributed by atoms with Gasteiger partial charge in [0.2, 0.25) is 5.91 Å². The van der Waals surface area contributed by atoms with Gasteiger partial charge in [-0.15, -0.1) is 0 Å². The summed E-state index contributed by atoms with van der Waals surface area (Å²) >= 11 is 0. The Morgan fingerprint density at radius 3 is 1.50 bits per heavy atom. The van der Waals surface area contributed by atoms with Gasteiger partial charge in [0, 0.05) is 19.5 Å². The SMILES string of the molecule is CCCCCCCCCCCCCCCCN(CC(O)CO)C(=O)CCC(C)CCCCCCCC. The lowest BCUT2D eigenvalue weighted by Crippen LogP contribution is -2.39. The Balaban J connectivity index is 3.91. The molecular weight excluding hydrogens is 446 g/mol. The van der Waals surface area contributed by atoms with E-state index in [9.17, 15) is 15.0 Å². The van der Waals surface area contributed by atoms with Crippen molar-refractivity contribution >= 4 is 5.91 Å².